The van der Waals surface area contributed by atoms with E-state index < -0.39 is 0 Å². The fourth-order valence-electron chi connectivity index (χ4n) is 4.28. The van der Waals surface area contributed by atoms with Crippen LogP contribution in [0.15, 0.2) is 39.8 Å². The maximum atomic E-state index is 5.50. The lowest BCUT2D eigenvalue weighted by atomic mass is 9.96. The Morgan fingerprint density at radius 2 is 1.91 bits per heavy atom. The van der Waals surface area contributed by atoms with Crippen LogP contribution in [0.2, 0.25) is 0 Å². The van der Waals surface area contributed by atoms with Crippen LogP contribution in [0.1, 0.15) is 62.5 Å². The van der Waals surface area contributed by atoms with Crippen LogP contribution in [0.3, 0.4) is 0 Å². The predicted octanol–water partition coefficient (Wildman–Crippen LogP) is 4.16. The number of rotatable bonds is 10. The van der Waals surface area contributed by atoms with Gasteiger partial charge in [-0.2, -0.15) is 0 Å². The first kappa shape index (κ1) is 24.1. The lowest BCUT2D eigenvalue weighted by Gasteiger charge is -2.32. The van der Waals surface area contributed by atoms with E-state index in [2.05, 4.69) is 57.7 Å². The van der Waals surface area contributed by atoms with Crippen LogP contribution >= 0.6 is 0 Å². The molecule has 0 aliphatic carbocycles. The number of methoxy groups -OCH3 is 1. The Morgan fingerprint density at radius 3 is 2.53 bits per heavy atom. The van der Waals surface area contributed by atoms with Crippen molar-refractivity contribution in [2.75, 3.05) is 33.8 Å². The summed E-state index contributed by atoms with van der Waals surface area (Å²) in [6.07, 6.45) is 4.55. The first-order valence-corrected chi connectivity index (χ1v) is 11.9. The predicted molar refractivity (Wildman–Crippen MR) is 129 cm³/mol. The number of hydrogen-bond donors (Lipinski definition) is 2. The largest absolute Gasteiger partial charge is 0.497 e. The molecule has 3 rings (SSSR count). The van der Waals surface area contributed by atoms with Crippen LogP contribution < -0.4 is 15.4 Å². The van der Waals surface area contributed by atoms with Crippen molar-refractivity contribution in [3.8, 4) is 5.75 Å². The van der Waals surface area contributed by atoms with Crippen LogP contribution in [0.5, 0.6) is 5.75 Å². The maximum Gasteiger partial charge on any atom is 0.191 e. The van der Waals surface area contributed by atoms with Gasteiger partial charge >= 0.3 is 0 Å². The van der Waals surface area contributed by atoms with Gasteiger partial charge in [-0.1, -0.05) is 31.1 Å². The highest BCUT2D eigenvalue weighted by molar-refractivity contribution is 5.79. The van der Waals surface area contributed by atoms with Gasteiger partial charge in [0.15, 0.2) is 11.7 Å². The monoisotopic (exact) mass is 441 g/mol. The molecule has 1 saturated heterocycles. The molecular weight excluding hydrogens is 402 g/mol. The zero-order valence-corrected chi connectivity index (χ0v) is 20.1. The van der Waals surface area contributed by atoms with Crippen molar-refractivity contribution in [2.24, 2.45) is 10.9 Å². The van der Waals surface area contributed by atoms with Gasteiger partial charge in [0.25, 0.3) is 0 Å². The molecule has 7 nitrogen and oxygen atoms in total. The van der Waals surface area contributed by atoms with Crippen molar-refractivity contribution in [1.82, 2.24) is 20.7 Å². The highest BCUT2D eigenvalue weighted by Gasteiger charge is 2.20. The van der Waals surface area contributed by atoms with E-state index in [0.717, 1.165) is 62.2 Å². The molecule has 32 heavy (non-hydrogen) atoms. The van der Waals surface area contributed by atoms with Crippen LogP contribution in [-0.2, 0) is 13.1 Å². The van der Waals surface area contributed by atoms with Crippen molar-refractivity contribution >= 4 is 5.96 Å². The van der Waals surface area contributed by atoms with E-state index in [1.165, 1.54) is 18.4 Å². The van der Waals surface area contributed by atoms with Gasteiger partial charge in [0.05, 0.1) is 19.3 Å². The number of nitrogens with zero attached hydrogens (tertiary/aromatic N) is 3. The summed E-state index contributed by atoms with van der Waals surface area (Å²) in [5, 5.41) is 11.1. The zero-order valence-electron chi connectivity index (χ0n) is 20.1. The van der Waals surface area contributed by atoms with Gasteiger partial charge in [-0.15, -0.1) is 0 Å². The molecule has 1 aliphatic rings. The quantitative estimate of drug-likeness (QED) is 0.426. The Hall–Kier alpha value is -2.54. The first-order valence-electron chi connectivity index (χ1n) is 11.9. The second kappa shape index (κ2) is 12.5. The standard InChI is InChI=1S/C25H39N5O2/c1-5-21(6-2)24-15-23(32-29-24)17-28-25(26-3)27-16-19-11-13-30(14-12-19)18-20-7-9-22(31-4)10-8-20/h7-10,15,19,21H,5-6,11-14,16-18H2,1-4H3,(H2,26,27,28). The number of guanidine groups is 1. The SMILES string of the molecule is CCC(CC)c1cc(CNC(=NC)NCC2CCN(Cc3ccc(OC)cc3)CC2)on1. The van der Waals surface area contributed by atoms with E-state index in [0.29, 0.717) is 18.4 Å². The van der Waals surface area contributed by atoms with E-state index in [1.807, 2.05) is 19.2 Å². The average Bonchev–Trinajstić information content (AvgIpc) is 3.30. The smallest absolute Gasteiger partial charge is 0.191 e. The number of aliphatic imine (C=N–C) groups is 1. The van der Waals surface area contributed by atoms with Crippen LogP contribution in [0.25, 0.3) is 0 Å². The number of benzene rings is 1. The summed E-state index contributed by atoms with van der Waals surface area (Å²) in [6, 6.07) is 10.5. The molecule has 1 aromatic carbocycles. The van der Waals surface area contributed by atoms with E-state index in [4.69, 9.17) is 9.26 Å². The molecule has 0 radical (unpaired) electrons. The molecule has 2 aromatic rings. The third-order valence-electron chi connectivity index (χ3n) is 6.47. The number of likely N-dealkylation sites (tertiary alicyclic amines) is 1. The molecule has 0 saturated carbocycles. The Balaban J connectivity index is 1.36. The van der Waals surface area contributed by atoms with Crippen molar-refractivity contribution in [1.29, 1.82) is 0 Å². The molecule has 176 valence electrons. The van der Waals surface area contributed by atoms with Gasteiger partial charge < -0.3 is 19.9 Å². The summed E-state index contributed by atoms with van der Waals surface area (Å²) in [5.74, 6) is 3.70. The Bertz CT molecular complexity index is 821. The summed E-state index contributed by atoms with van der Waals surface area (Å²) < 4.78 is 10.8. The topological polar surface area (TPSA) is 74.9 Å². The number of piperidine rings is 1. The maximum absolute atomic E-state index is 5.50. The minimum absolute atomic E-state index is 0.473. The molecule has 0 atom stereocenters. The average molecular weight is 442 g/mol. The number of nitrogens with one attached hydrogen (secondary N) is 2. The molecule has 1 aromatic heterocycles. The molecule has 0 unspecified atom stereocenters. The summed E-state index contributed by atoms with van der Waals surface area (Å²) in [7, 11) is 3.51. The molecule has 2 N–H and O–H groups in total. The second-order valence-corrected chi connectivity index (χ2v) is 8.61. The molecule has 7 heteroatoms. The van der Waals surface area contributed by atoms with Crippen LogP contribution in [0.4, 0.5) is 0 Å². The van der Waals surface area contributed by atoms with Crippen molar-refractivity contribution in [3.05, 3.63) is 47.3 Å². The van der Waals surface area contributed by atoms with E-state index in [1.54, 1.807) is 7.11 Å². The summed E-state index contributed by atoms with van der Waals surface area (Å²) in [4.78, 5) is 6.89. The molecule has 1 fully saturated rings. The van der Waals surface area contributed by atoms with E-state index >= 15 is 0 Å². The third-order valence-corrected chi connectivity index (χ3v) is 6.47. The lowest BCUT2D eigenvalue weighted by Crippen LogP contribution is -2.42. The minimum atomic E-state index is 0.473. The summed E-state index contributed by atoms with van der Waals surface area (Å²) in [5.41, 5.74) is 2.39. The van der Waals surface area contributed by atoms with Gasteiger partial charge in [0.1, 0.15) is 5.75 Å². The molecule has 2 heterocycles. The molecule has 0 bridgehead atoms. The lowest BCUT2D eigenvalue weighted by molar-refractivity contribution is 0.178. The van der Waals surface area contributed by atoms with E-state index in [9.17, 15) is 0 Å². The first-order chi connectivity index (χ1) is 15.6. The highest BCUT2D eigenvalue weighted by Crippen LogP contribution is 2.22. The highest BCUT2D eigenvalue weighted by atomic mass is 16.5. The number of aromatic nitrogens is 1. The minimum Gasteiger partial charge on any atom is -0.497 e. The normalized spacial score (nSPS) is 15.8. The van der Waals surface area contributed by atoms with Gasteiger partial charge in [-0.3, -0.25) is 9.89 Å². The zero-order chi connectivity index (χ0) is 22.8. The summed E-state index contributed by atoms with van der Waals surface area (Å²) >= 11 is 0. The Morgan fingerprint density at radius 1 is 1.19 bits per heavy atom. The molecule has 1 aliphatic heterocycles. The fraction of sp³-hybridized carbons (Fsp3) is 0.600. The van der Waals surface area contributed by atoms with Crippen molar-refractivity contribution < 1.29 is 9.26 Å². The van der Waals surface area contributed by atoms with E-state index in [-0.39, 0.29) is 0 Å². The molecule has 0 amide bonds. The molecular formula is C25H39N5O2. The summed E-state index contributed by atoms with van der Waals surface area (Å²) in [6.45, 7) is 9.16. The van der Waals surface area contributed by atoms with Crippen LogP contribution in [-0.4, -0.2) is 49.8 Å². The molecule has 0 spiro atoms. The fourth-order valence-corrected chi connectivity index (χ4v) is 4.28. The van der Waals surface area contributed by atoms with Crippen molar-refractivity contribution in [2.45, 2.75) is 58.5 Å². The second-order valence-electron chi connectivity index (χ2n) is 8.61. The number of ether oxygens (including phenoxy) is 1. The van der Waals surface area contributed by atoms with Crippen molar-refractivity contribution in [3.63, 3.8) is 0 Å². The van der Waals surface area contributed by atoms with Gasteiger partial charge in [-0.05, 0) is 62.4 Å². The van der Waals surface area contributed by atoms with Gasteiger partial charge in [-0.25, -0.2) is 0 Å². The van der Waals surface area contributed by atoms with Gasteiger partial charge in [0.2, 0.25) is 0 Å². The number of hydrogen-bond acceptors (Lipinski definition) is 5. The Labute approximate surface area is 192 Å². The van der Waals surface area contributed by atoms with Crippen LogP contribution in [0, 0.1) is 5.92 Å². The van der Waals surface area contributed by atoms with Gasteiger partial charge in [0, 0.05) is 32.1 Å². The third kappa shape index (κ3) is 6.99. The Kier molecular flexibility index (Phi) is 9.41.